The topological polar surface area (TPSA) is 61.9 Å². The number of benzene rings is 1. The van der Waals surface area contributed by atoms with Crippen LogP contribution in [0.5, 0.6) is 0 Å². The van der Waals surface area contributed by atoms with E-state index in [1.54, 1.807) is 12.4 Å². The van der Waals surface area contributed by atoms with E-state index in [1.165, 1.54) is 11.3 Å². The number of aryl methyl sites for hydroxylation is 1. The summed E-state index contributed by atoms with van der Waals surface area (Å²) in [6.45, 7) is 6.68. The molecule has 0 saturated heterocycles. The molecule has 128 valence electrons. The van der Waals surface area contributed by atoms with Crippen LogP contribution in [0.3, 0.4) is 0 Å². The fourth-order valence-electron chi connectivity index (χ4n) is 3.36. The zero-order valence-corrected chi connectivity index (χ0v) is 14.8. The molecule has 0 bridgehead atoms. The highest BCUT2D eigenvalue weighted by atomic mass is 16.1. The number of hydrogen-bond acceptors (Lipinski definition) is 4. The molecule has 0 aliphatic carbocycles. The van der Waals surface area contributed by atoms with Gasteiger partial charge in [0.15, 0.2) is 17.2 Å². The van der Waals surface area contributed by atoms with Crippen molar-refractivity contribution in [3.8, 4) is 0 Å². The quantitative estimate of drug-likeness (QED) is 0.711. The molecule has 0 spiro atoms. The third-order valence-electron chi connectivity index (χ3n) is 4.68. The maximum absolute atomic E-state index is 12.7. The van der Waals surface area contributed by atoms with Crippen molar-refractivity contribution in [3.63, 3.8) is 0 Å². The van der Waals surface area contributed by atoms with E-state index < -0.39 is 5.41 Å². The lowest BCUT2D eigenvalue weighted by Gasteiger charge is -2.30. The van der Waals surface area contributed by atoms with Crippen LogP contribution in [-0.4, -0.2) is 27.3 Å². The normalized spacial score (nSPS) is 14.6. The van der Waals surface area contributed by atoms with Gasteiger partial charge in [0.05, 0.1) is 11.8 Å². The fraction of sp³-hybridized carbons (Fsp3) is 0.350. The lowest BCUT2D eigenvalue weighted by molar-refractivity contribution is 0.0860. The van der Waals surface area contributed by atoms with Crippen LogP contribution in [0.25, 0.3) is 11.2 Å². The highest BCUT2D eigenvalue weighted by molar-refractivity contribution is 6.08. The zero-order chi connectivity index (χ0) is 17.6. The number of nitrogens with one attached hydrogen (secondary N) is 1. The van der Waals surface area contributed by atoms with Gasteiger partial charge in [-0.2, -0.15) is 0 Å². The van der Waals surface area contributed by atoms with Crippen molar-refractivity contribution in [2.75, 3.05) is 11.4 Å². The molecule has 0 saturated carbocycles. The Morgan fingerprint density at radius 1 is 1.24 bits per heavy atom. The summed E-state index contributed by atoms with van der Waals surface area (Å²) >= 11 is 0. The third-order valence-corrected chi connectivity index (χ3v) is 4.68. The number of rotatable bonds is 2. The van der Waals surface area contributed by atoms with E-state index in [-0.39, 0.29) is 5.78 Å². The van der Waals surface area contributed by atoms with Gasteiger partial charge in [0.25, 0.3) is 0 Å². The Kier molecular flexibility index (Phi) is 3.60. The molecule has 1 aliphatic rings. The van der Waals surface area contributed by atoms with Gasteiger partial charge >= 0.3 is 0 Å². The summed E-state index contributed by atoms with van der Waals surface area (Å²) in [7, 11) is 0. The Hall–Kier alpha value is -2.69. The summed E-state index contributed by atoms with van der Waals surface area (Å²) < 4.78 is 0. The molecule has 3 aromatic rings. The van der Waals surface area contributed by atoms with E-state index in [1.807, 2.05) is 26.8 Å². The number of Topliss-reactive ketones (excluding diaryl/α,β-unsaturated/α-hetero) is 1. The first kappa shape index (κ1) is 15.8. The average Bonchev–Trinajstić information content (AvgIpc) is 3.02. The van der Waals surface area contributed by atoms with Crippen LogP contribution >= 0.6 is 0 Å². The standard InChI is InChI=1S/C20H22N4O/c1-20(2,3)18(25)14-11-21-19-17(14)23-16(12-22-19)24-10-6-8-13-7-4-5-9-15(13)24/h4-5,7,9,11-12H,6,8,10H2,1-3H3,(H,21,22). The zero-order valence-electron chi connectivity index (χ0n) is 14.8. The minimum Gasteiger partial charge on any atom is -0.344 e. The Bertz CT molecular complexity index is 952. The Balaban J connectivity index is 1.81. The van der Waals surface area contributed by atoms with Gasteiger partial charge in [-0.25, -0.2) is 9.97 Å². The number of anilines is 2. The first-order valence-electron chi connectivity index (χ1n) is 8.69. The molecule has 4 rings (SSSR count). The fourth-order valence-corrected chi connectivity index (χ4v) is 3.36. The van der Waals surface area contributed by atoms with E-state index in [4.69, 9.17) is 4.98 Å². The van der Waals surface area contributed by atoms with Gasteiger partial charge in [0.2, 0.25) is 0 Å². The van der Waals surface area contributed by atoms with Gasteiger partial charge < -0.3 is 9.88 Å². The van der Waals surface area contributed by atoms with Crippen LogP contribution in [0.1, 0.15) is 43.1 Å². The number of ketones is 1. The summed E-state index contributed by atoms with van der Waals surface area (Å²) in [6.07, 6.45) is 5.68. The van der Waals surface area contributed by atoms with Crippen molar-refractivity contribution in [2.24, 2.45) is 5.41 Å². The lowest BCUT2D eigenvalue weighted by Crippen LogP contribution is -2.25. The molecule has 5 heteroatoms. The summed E-state index contributed by atoms with van der Waals surface area (Å²) in [6, 6.07) is 8.41. The molecule has 0 radical (unpaired) electrons. The lowest BCUT2D eigenvalue weighted by atomic mass is 9.87. The molecule has 5 nitrogen and oxygen atoms in total. The van der Waals surface area contributed by atoms with Crippen LogP contribution in [0.2, 0.25) is 0 Å². The molecular weight excluding hydrogens is 312 g/mol. The minimum absolute atomic E-state index is 0.0734. The molecule has 0 amide bonds. The van der Waals surface area contributed by atoms with Gasteiger partial charge in [-0.3, -0.25) is 4.79 Å². The molecule has 2 aromatic heterocycles. The van der Waals surface area contributed by atoms with Gasteiger partial charge in [0, 0.05) is 23.8 Å². The van der Waals surface area contributed by atoms with Crippen molar-refractivity contribution < 1.29 is 4.79 Å². The van der Waals surface area contributed by atoms with Crippen molar-refractivity contribution in [1.29, 1.82) is 0 Å². The first-order valence-corrected chi connectivity index (χ1v) is 8.69. The Labute approximate surface area is 147 Å². The van der Waals surface area contributed by atoms with E-state index >= 15 is 0 Å². The van der Waals surface area contributed by atoms with Crippen molar-refractivity contribution >= 4 is 28.5 Å². The van der Waals surface area contributed by atoms with E-state index in [9.17, 15) is 4.79 Å². The largest absolute Gasteiger partial charge is 0.344 e. The predicted octanol–water partition coefficient (Wildman–Crippen LogP) is 4.27. The van der Waals surface area contributed by atoms with Crippen LogP contribution < -0.4 is 4.90 Å². The van der Waals surface area contributed by atoms with E-state index in [0.717, 1.165) is 25.2 Å². The maximum Gasteiger partial charge on any atom is 0.171 e. The SMILES string of the molecule is CC(C)(C)C(=O)c1c[nH]c2ncc(N3CCCc4ccccc43)nc12. The Morgan fingerprint density at radius 3 is 2.84 bits per heavy atom. The van der Waals surface area contributed by atoms with E-state index in [0.29, 0.717) is 16.7 Å². The van der Waals surface area contributed by atoms with Crippen LogP contribution in [0, 0.1) is 5.41 Å². The second kappa shape index (κ2) is 5.69. The maximum atomic E-state index is 12.7. The second-order valence-corrected chi connectivity index (χ2v) is 7.59. The van der Waals surface area contributed by atoms with E-state index in [2.05, 4.69) is 33.1 Å². The molecule has 1 aliphatic heterocycles. The van der Waals surface area contributed by atoms with Gasteiger partial charge in [-0.15, -0.1) is 0 Å². The molecule has 3 heterocycles. The molecule has 0 unspecified atom stereocenters. The molecule has 25 heavy (non-hydrogen) atoms. The van der Waals surface area contributed by atoms with Gasteiger partial charge in [0.1, 0.15) is 5.52 Å². The number of carbonyl (C=O) groups excluding carboxylic acids is 1. The molecular formula is C20H22N4O. The molecule has 0 fully saturated rings. The minimum atomic E-state index is -0.454. The van der Waals surface area contributed by atoms with Gasteiger partial charge in [-0.05, 0) is 24.5 Å². The number of hydrogen-bond donors (Lipinski definition) is 1. The summed E-state index contributed by atoms with van der Waals surface area (Å²) in [5, 5.41) is 0. The third kappa shape index (κ3) is 2.69. The van der Waals surface area contributed by atoms with Crippen molar-refractivity contribution in [1.82, 2.24) is 15.0 Å². The number of fused-ring (bicyclic) bond motifs is 2. The number of carbonyl (C=O) groups is 1. The average molecular weight is 334 g/mol. The number of aromatic nitrogens is 3. The van der Waals surface area contributed by atoms with Crippen LogP contribution in [0.4, 0.5) is 11.5 Å². The number of nitrogens with zero attached hydrogens (tertiary/aromatic N) is 3. The van der Waals surface area contributed by atoms with Gasteiger partial charge in [-0.1, -0.05) is 39.0 Å². The smallest absolute Gasteiger partial charge is 0.171 e. The first-order chi connectivity index (χ1) is 11.9. The summed E-state index contributed by atoms with van der Waals surface area (Å²) in [5.74, 6) is 0.867. The summed E-state index contributed by atoms with van der Waals surface area (Å²) in [4.78, 5) is 27.3. The predicted molar refractivity (Wildman–Crippen MR) is 99.4 cm³/mol. The number of aromatic amines is 1. The highest BCUT2D eigenvalue weighted by Crippen LogP contribution is 2.33. The molecule has 1 N–H and O–H groups in total. The summed E-state index contributed by atoms with van der Waals surface area (Å²) in [5.41, 5.74) is 3.98. The van der Waals surface area contributed by atoms with Crippen LogP contribution in [-0.2, 0) is 6.42 Å². The highest BCUT2D eigenvalue weighted by Gasteiger charge is 2.27. The number of para-hydroxylation sites is 1. The Morgan fingerprint density at radius 2 is 2.04 bits per heavy atom. The second-order valence-electron chi connectivity index (χ2n) is 7.59. The molecule has 1 aromatic carbocycles. The number of H-pyrrole nitrogens is 1. The van der Waals surface area contributed by atoms with Crippen molar-refractivity contribution in [3.05, 3.63) is 47.8 Å². The van der Waals surface area contributed by atoms with Crippen LogP contribution in [0.15, 0.2) is 36.7 Å². The molecule has 0 atom stereocenters. The van der Waals surface area contributed by atoms with Crippen molar-refractivity contribution in [2.45, 2.75) is 33.6 Å². The monoisotopic (exact) mass is 334 g/mol.